The van der Waals surface area contributed by atoms with Gasteiger partial charge in [-0.3, -0.25) is 24.0 Å². The van der Waals surface area contributed by atoms with Gasteiger partial charge < -0.3 is 80.9 Å². The van der Waals surface area contributed by atoms with Crippen LogP contribution in [0.3, 0.4) is 0 Å². The number of rotatable bonds is 15. The van der Waals surface area contributed by atoms with Crippen LogP contribution in [0.4, 0.5) is 0 Å². The second kappa shape index (κ2) is 22.6. The zero-order chi connectivity index (χ0) is 50.1. The number of aromatic hydroxyl groups is 6. The number of cyclic esters (lactones) is 3. The fourth-order valence-corrected chi connectivity index (χ4v) is 7.45. The number of nitrogens with one attached hydrogen (secondary N) is 3. The zero-order valence-electron chi connectivity index (χ0n) is 36.9. The highest BCUT2D eigenvalue weighted by Crippen LogP contribution is 2.41. The third kappa shape index (κ3) is 12.3. The number of para-hydroxylation sites is 2. The first kappa shape index (κ1) is 51.9. The molecular formula is C45H53N3O20. The SMILES string of the molecule is CC(C)NC(CO)C(=O)CCC1OC(c2cc(O)c(O)c(C(=O)C[C@H]3COC(=O)[C@@H](NC(=O)c4cccc(O)c4O)COC(=O)[C@@H](NC(=O)c4cccc(O)c4O)COC3=O)c2)C(O)C(O)C1C. The second-order valence-corrected chi connectivity index (χ2v) is 16.5. The van der Waals surface area contributed by atoms with Gasteiger partial charge in [0.2, 0.25) is 0 Å². The Morgan fingerprint density at radius 3 is 1.74 bits per heavy atom. The van der Waals surface area contributed by atoms with Crippen LogP contribution < -0.4 is 16.0 Å². The van der Waals surface area contributed by atoms with Gasteiger partial charge in [-0.05, 0) is 48.4 Å². The Kier molecular flexibility index (Phi) is 17.3. The van der Waals surface area contributed by atoms with E-state index in [0.717, 1.165) is 36.4 Å². The summed E-state index contributed by atoms with van der Waals surface area (Å²) in [5.74, 6) is -15.5. The van der Waals surface area contributed by atoms with Crippen LogP contribution in [0.1, 0.15) is 82.8 Å². The van der Waals surface area contributed by atoms with Gasteiger partial charge in [0.1, 0.15) is 32.0 Å². The van der Waals surface area contributed by atoms with Crippen molar-refractivity contribution in [2.45, 2.75) is 88.6 Å². The topological polar surface area (TPSA) is 375 Å². The maximum atomic E-state index is 14.0. The number of hydrogen-bond donors (Lipinski definition) is 12. The predicted molar refractivity (Wildman–Crippen MR) is 229 cm³/mol. The first-order valence-electron chi connectivity index (χ1n) is 21.3. The van der Waals surface area contributed by atoms with Crippen molar-refractivity contribution in [2.75, 3.05) is 26.4 Å². The van der Waals surface area contributed by atoms with Crippen molar-refractivity contribution in [3.8, 4) is 34.5 Å². The van der Waals surface area contributed by atoms with E-state index in [9.17, 15) is 79.5 Å². The number of amides is 2. The normalized spacial score (nSPS) is 24.0. The van der Waals surface area contributed by atoms with E-state index in [1.165, 1.54) is 12.1 Å². The second-order valence-electron chi connectivity index (χ2n) is 16.5. The fourth-order valence-electron chi connectivity index (χ4n) is 7.45. The van der Waals surface area contributed by atoms with E-state index in [0.29, 0.717) is 0 Å². The molecule has 2 saturated heterocycles. The third-order valence-corrected chi connectivity index (χ3v) is 11.3. The van der Waals surface area contributed by atoms with Gasteiger partial charge in [0.05, 0.1) is 47.5 Å². The Balaban J connectivity index is 1.42. The number of hydrogen-bond acceptors (Lipinski definition) is 21. The molecule has 23 heteroatoms. The molecule has 9 atom stereocenters. The number of aliphatic hydroxyl groups excluding tert-OH is 3. The van der Waals surface area contributed by atoms with E-state index in [1.807, 2.05) is 0 Å². The zero-order valence-corrected chi connectivity index (χ0v) is 36.9. The maximum Gasteiger partial charge on any atom is 0.332 e. The Labute approximate surface area is 387 Å². The molecule has 3 aromatic carbocycles. The molecule has 68 heavy (non-hydrogen) atoms. The van der Waals surface area contributed by atoms with Crippen molar-refractivity contribution in [3.05, 3.63) is 70.8 Å². The summed E-state index contributed by atoms with van der Waals surface area (Å²) < 4.78 is 21.9. The standard InChI is InChI=1S/C45H53N3O20/c1-19(2)46-26(15-49)29(50)10-11-34-20(3)35(55)39(59)40(68-34)21-12-25(38(58)33(54)13-21)32(53)14-22-16-65-44(63)28(48-42(61)24-7-5-9-31(52)37(24)57)18-67-45(64)27(17-66-43(22)62)47-41(60)23-6-4-8-30(51)36(23)56/h4-9,12-13,19-20,22,26-28,34-35,39-40,46,49,51-52,54-59H,10-11,14-18H2,1-3H3,(H,47,60)(H,48,61)/t20?,22-,26?,27-,28-,34?,35?,39?,40?/m0/s1. The van der Waals surface area contributed by atoms with Crippen molar-refractivity contribution >= 4 is 41.3 Å². The molecule has 2 aliphatic heterocycles. The van der Waals surface area contributed by atoms with Crippen molar-refractivity contribution in [2.24, 2.45) is 11.8 Å². The van der Waals surface area contributed by atoms with Crippen molar-refractivity contribution in [1.82, 2.24) is 16.0 Å². The van der Waals surface area contributed by atoms with Gasteiger partial charge in [-0.1, -0.05) is 32.9 Å². The Hall–Kier alpha value is -7.05. The fraction of sp³-hybridized carbons (Fsp3) is 0.444. The number of benzene rings is 3. The lowest BCUT2D eigenvalue weighted by atomic mass is 9.83. The molecule has 2 heterocycles. The molecule has 0 saturated carbocycles. The highest BCUT2D eigenvalue weighted by Gasteiger charge is 2.44. The van der Waals surface area contributed by atoms with Crippen LogP contribution in [0.15, 0.2) is 48.5 Å². The number of Topliss-reactive ketones (excluding diaryl/α,β-unsaturated/α-hetero) is 2. The van der Waals surface area contributed by atoms with Crippen LogP contribution in [0.2, 0.25) is 0 Å². The average molecular weight is 956 g/mol. The van der Waals surface area contributed by atoms with Gasteiger partial charge in [-0.25, -0.2) is 9.59 Å². The van der Waals surface area contributed by atoms with E-state index in [1.54, 1.807) is 20.8 Å². The molecule has 23 nitrogen and oxygen atoms in total. The van der Waals surface area contributed by atoms with Crippen molar-refractivity contribution in [3.63, 3.8) is 0 Å². The lowest BCUT2D eigenvalue weighted by Gasteiger charge is -2.42. The van der Waals surface area contributed by atoms with Crippen LogP contribution in [-0.2, 0) is 38.1 Å². The number of phenolic OH excluding ortho intramolecular Hbond substituents is 6. The lowest BCUT2D eigenvalue weighted by Crippen LogP contribution is -2.50. The van der Waals surface area contributed by atoms with Crippen LogP contribution >= 0.6 is 0 Å². The van der Waals surface area contributed by atoms with E-state index in [-0.39, 0.29) is 30.2 Å². The van der Waals surface area contributed by atoms with Gasteiger partial charge in [0.15, 0.2) is 58.1 Å². The molecular weight excluding hydrogens is 902 g/mol. The summed E-state index contributed by atoms with van der Waals surface area (Å²) in [6, 6.07) is 3.79. The lowest BCUT2D eigenvalue weighted by molar-refractivity contribution is -0.200. The average Bonchev–Trinajstić information content (AvgIpc) is 3.30. The summed E-state index contributed by atoms with van der Waals surface area (Å²) in [6.07, 6.45) is -6.51. The number of esters is 3. The molecule has 12 N–H and O–H groups in total. The van der Waals surface area contributed by atoms with E-state index in [4.69, 9.17) is 18.9 Å². The Bertz CT molecular complexity index is 2330. The van der Waals surface area contributed by atoms with Gasteiger partial charge >= 0.3 is 17.9 Å². The van der Waals surface area contributed by atoms with Crippen LogP contribution in [0, 0.1) is 11.8 Å². The molecule has 2 fully saturated rings. The summed E-state index contributed by atoms with van der Waals surface area (Å²) >= 11 is 0. The van der Waals surface area contributed by atoms with Crippen LogP contribution in [-0.4, -0.2) is 156 Å². The summed E-state index contributed by atoms with van der Waals surface area (Å²) in [5, 5.41) is 101. The van der Waals surface area contributed by atoms with E-state index >= 15 is 0 Å². The smallest absolute Gasteiger partial charge is 0.332 e. The maximum absolute atomic E-state index is 14.0. The predicted octanol–water partition coefficient (Wildman–Crippen LogP) is -0.144. The van der Waals surface area contributed by atoms with Gasteiger partial charge in [-0.2, -0.15) is 0 Å². The molecule has 0 aliphatic carbocycles. The Morgan fingerprint density at radius 1 is 0.691 bits per heavy atom. The molecule has 0 spiro atoms. The number of carbonyl (C=O) groups excluding carboxylic acids is 7. The molecule has 2 amide bonds. The number of ether oxygens (including phenoxy) is 4. The third-order valence-electron chi connectivity index (χ3n) is 11.3. The first-order valence-corrected chi connectivity index (χ1v) is 21.3. The number of ketones is 2. The van der Waals surface area contributed by atoms with Gasteiger partial charge in [0, 0.05) is 24.8 Å². The molecule has 6 unspecified atom stereocenters. The first-order chi connectivity index (χ1) is 32.1. The van der Waals surface area contributed by atoms with E-state index in [2.05, 4.69) is 16.0 Å². The monoisotopic (exact) mass is 955 g/mol. The molecule has 0 bridgehead atoms. The summed E-state index contributed by atoms with van der Waals surface area (Å²) in [5.41, 5.74) is -1.85. The summed E-state index contributed by atoms with van der Waals surface area (Å²) in [6.45, 7) is 1.67. The van der Waals surface area contributed by atoms with Gasteiger partial charge in [-0.15, -0.1) is 0 Å². The minimum Gasteiger partial charge on any atom is -0.504 e. The molecule has 3 aromatic rings. The van der Waals surface area contributed by atoms with Crippen molar-refractivity contribution in [1.29, 1.82) is 0 Å². The van der Waals surface area contributed by atoms with Crippen LogP contribution in [0.5, 0.6) is 34.5 Å². The molecule has 0 radical (unpaired) electrons. The minimum atomic E-state index is -1.92. The highest BCUT2D eigenvalue weighted by molar-refractivity contribution is 6.02. The quantitative estimate of drug-likeness (QED) is 0.0408. The molecule has 0 aromatic heterocycles. The molecule has 2 aliphatic rings. The minimum absolute atomic E-state index is 0.0261. The molecule has 5 rings (SSSR count). The number of aliphatic hydroxyl groups is 3. The largest absolute Gasteiger partial charge is 0.504 e. The number of phenols is 6. The van der Waals surface area contributed by atoms with Crippen LogP contribution in [0.25, 0.3) is 0 Å². The van der Waals surface area contributed by atoms with Crippen molar-refractivity contribution < 1.29 is 98.5 Å². The summed E-state index contributed by atoms with van der Waals surface area (Å²) in [7, 11) is 0. The van der Waals surface area contributed by atoms with E-state index < -0.39 is 174 Å². The Morgan fingerprint density at radius 2 is 1.21 bits per heavy atom. The molecule has 368 valence electrons. The number of carbonyl (C=O) groups is 7. The summed E-state index contributed by atoms with van der Waals surface area (Å²) in [4.78, 5) is 93.9. The highest BCUT2D eigenvalue weighted by atomic mass is 16.6. The van der Waals surface area contributed by atoms with Gasteiger partial charge in [0.25, 0.3) is 11.8 Å².